The number of carbonyl (C=O) groups excluding carboxylic acids is 3. The molecule has 0 aromatic heterocycles. The molecule has 1 atom stereocenters. The monoisotopic (exact) mass is 360 g/mol. The topological polar surface area (TPSA) is 98.5 Å². The average Bonchev–Trinajstić information content (AvgIpc) is 2.57. The lowest BCUT2D eigenvalue weighted by atomic mass is 10.1. The summed E-state index contributed by atoms with van der Waals surface area (Å²) < 4.78 is 5.12. The molecule has 0 spiro atoms. The third kappa shape index (κ3) is 5.61. The summed E-state index contributed by atoms with van der Waals surface area (Å²) in [6.45, 7) is 1.48. The highest BCUT2D eigenvalue weighted by atomic mass is 35.5. The lowest BCUT2D eigenvalue weighted by molar-refractivity contribution is -0.152. The Labute approximate surface area is 149 Å². The van der Waals surface area contributed by atoms with Crippen molar-refractivity contribution < 1.29 is 19.1 Å². The minimum atomic E-state index is -0.962. The van der Waals surface area contributed by atoms with Crippen molar-refractivity contribution in [2.45, 2.75) is 19.4 Å². The van der Waals surface area contributed by atoms with Gasteiger partial charge in [-0.25, -0.2) is 0 Å². The van der Waals surface area contributed by atoms with Crippen LogP contribution in [-0.2, 0) is 20.7 Å². The van der Waals surface area contributed by atoms with Crippen molar-refractivity contribution in [3.05, 3.63) is 64.7 Å². The lowest BCUT2D eigenvalue weighted by Crippen LogP contribution is -2.30. The number of rotatable bonds is 6. The molecule has 0 saturated heterocycles. The van der Waals surface area contributed by atoms with E-state index in [1.54, 1.807) is 36.4 Å². The minimum Gasteiger partial charge on any atom is -0.452 e. The quantitative estimate of drug-likeness (QED) is 0.773. The number of halogens is 1. The molecule has 130 valence electrons. The molecule has 0 heterocycles. The van der Waals surface area contributed by atoms with Crippen LogP contribution in [0.25, 0.3) is 0 Å². The molecule has 0 unspecified atom stereocenters. The Hall–Kier alpha value is -2.86. The van der Waals surface area contributed by atoms with E-state index < -0.39 is 23.9 Å². The first-order chi connectivity index (χ1) is 11.8. The van der Waals surface area contributed by atoms with E-state index in [0.717, 1.165) is 5.56 Å². The molecule has 0 aliphatic rings. The van der Waals surface area contributed by atoms with E-state index in [4.69, 9.17) is 22.1 Å². The number of carbonyl (C=O) groups is 3. The van der Waals surface area contributed by atoms with Crippen LogP contribution < -0.4 is 11.1 Å². The predicted octanol–water partition coefficient (Wildman–Crippen LogP) is 2.55. The van der Waals surface area contributed by atoms with Gasteiger partial charge in [-0.2, -0.15) is 0 Å². The van der Waals surface area contributed by atoms with E-state index in [1.165, 1.54) is 19.1 Å². The first-order valence-electron chi connectivity index (χ1n) is 7.50. The van der Waals surface area contributed by atoms with Gasteiger partial charge >= 0.3 is 5.97 Å². The fourth-order valence-electron chi connectivity index (χ4n) is 2.02. The number of primary amides is 1. The number of nitrogens with two attached hydrogens (primary N) is 1. The Balaban J connectivity index is 1.87. The zero-order valence-corrected chi connectivity index (χ0v) is 14.2. The van der Waals surface area contributed by atoms with Gasteiger partial charge in [-0.3, -0.25) is 14.4 Å². The number of hydrogen-bond acceptors (Lipinski definition) is 4. The summed E-state index contributed by atoms with van der Waals surface area (Å²) in [6.07, 6.45) is -0.919. The molecular formula is C18H17ClN2O4. The van der Waals surface area contributed by atoms with E-state index in [2.05, 4.69) is 5.32 Å². The van der Waals surface area contributed by atoms with Crippen molar-refractivity contribution in [1.29, 1.82) is 0 Å². The van der Waals surface area contributed by atoms with Gasteiger partial charge in [0.15, 0.2) is 6.10 Å². The number of benzene rings is 2. The maximum atomic E-state index is 12.1. The average molecular weight is 361 g/mol. The molecule has 6 nitrogen and oxygen atoms in total. The van der Waals surface area contributed by atoms with Crippen LogP contribution in [0.5, 0.6) is 0 Å². The van der Waals surface area contributed by atoms with Gasteiger partial charge < -0.3 is 15.8 Å². The number of amides is 2. The molecule has 0 bridgehead atoms. The number of nitrogens with one attached hydrogen (secondary N) is 1. The van der Waals surface area contributed by atoms with Crippen LogP contribution in [0.2, 0.25) is 5.02 Å². The third-order valence-corrected chi connectivity index (χ3v) is 3.63. The number of hydrogen-bond donors (Lipinski definition) is 2. The number of esters is 1. The van der Waals surface area contributed by atoms with Gasteiger partial charge in [0.2, 0.25) is 5.91 Å². The molecule has 2 aromatic carbocycles. The van der Waals surface area contributed by atoms with Crippen molar-refractivity contribution in [2.75, 3.05) is 5.32 Å². The van der Waals surface area contributed by atoms with Gasteiger partial charge in [0, 0.05) is 16.3 Å². The Morgan fingerprint density at radius 3 is 2.24 bits per heavy atom. The van der Waals surface area contributed by atoms with Crippen LogP contribution in [0.15, 0.2) is 48.5 Å². The summed E-state index contributed by atoms with van der Waals surface area (Å²) in [5, 5.41) is 3.17. The van der Waals surface area contributed by atoms with Gasteiger partial charge in [0.1, 0.15) is 0 Å². The molecule has 25 heavy (non-hydrogen) atoms. The van der Waals surface area contributed by atoms with Crippen molar-refractivity contribution in [3.63, 3.8) is 0 Å². The summed E-state index contributed by atoms with van der Waals surface area (Å²) in [5.74, 6) is -1.55. The van der Waals surface area contributed by atoms with E-state index in [0.29, 0.717) is 16.3 Å². The normalized spacial score (nSPS) is 11.4. The molecule has 3 N–H and O–H groups in total. The van der Waals surface area contributed by atoms with Gasteiger partial charge in [0.05, 0.1) is 6.42 Å². The standard InChI is InChI=1S/C18H17ClN2O4/c1-11(25-16(22)10-12-2-6-14(19)7-3-12)18(24)21-15-8-4-13(5-9-15)17(20)23/h2-9,11H,10H2,1H3,(H2,20,23)(H,21,24)/t11-/m1/s1. The zero-order valence-electron chi connectivity index (χ0n) is 13.5. The first kappa shape index (κ1) is 18.5. The highest BCUT2D eigenvalue weighted by Crippen LogP contribution is 2.12. The number of ether oxygens (including phenoxy) is 1. The molecule has 0 radical (unpaired) electrons. The molecule has 0 fully saturated rings. The lowest BCUT2D eigenvalue weighted by Gasteiger charge is -2.13. The zero-order chi connectivity index (χ0) is 18.4. The molecule has 0 aliphatic heterocycles. The van der Waals surface area contributed by atoms with Gasteiger partial charge in [-0.15, -0.1) is 0 Å². The van der Waals surface area contributed by atoms with Crippen LogP contribution in [0.1, 0.15) is 22.8 Å². The highest BCUT2D eigenvalue weighted by molar-refractivity contribution is 6.30. The molecular weight excluding hydrogens is 344 g/mol. The summed E-state index contributed by atoms with van der Waals surface area (Å²) >= 11 is 5.78. The van der Waals surface area contributed by atoms with Crippen LogP contribution in [0, 0.1) is 0 Å². The second-order valence-corrected chi connectivity index (χ2v) is 5.80. The van der Waals surface area contributed by atoms with Crippen LogP contribution >= 0.6 is 11.6 Å². The van der Waals surface area contributed by atoms with E-state index in [1.807, 2.05) is 0 Å². The van der Waals surface area contributed by atoms with Crippen LogP contribution in [0.3, 0.4) is 0 Å². The second kappa shape index (κ2) is 8.30. The summed E-state index contributed by atoms with van der Waals surface area (Å²) in [4.78, 5) is 35.0. The molecule has 7 heteroatoms. The van der Waals surface area contributed by atoms with Crippen molar-refractivity contribution in [1.82, 2.24) is 0 Å². The largest absolute Gasteiger partial charge is 0.452 e. The van der Waals surface area contributed by atoms with Gasteiger partial charge in [0.25, 0.3) is 5.91 Å². The highest BCUT2D eigenvalue weighted by Gasteiger charge is 2.18. The molecule has 2 rings (SSSR count). The second-order valence-electron chi connectivity index (χ2n) is 5.37. The predicted molar refractivity (Wildman–Crippen MR) is 94.3 cm³/mol. The van der Waals surface area contributed by atoms with Gasteiger partial charge in [-0.1, -0.05) is 23.7 Å². The van der Waals surface area contributed by atoms with Crippen LogP contribution in [-0.4, -0.2) is 23.9 Å². The van der Waals surface area contributed by atoms with Crippen molar-refractivity contribution >= 4 is 35.1 Å². The Kier molecular flexibility index (Phi) is 6.14. The van der Waals surface area contributed by atoms with E-state index >= 15 is 0 Å². The molecule has 2 aromatic rings. The smallest absolute Gasteiger partial charge is 0.311 e. The number of anilines is 1. The van der Waals surface area contributed by atoms with Gasteiger partial charge in [-0.05, 0) is 48.9 Å². The summed E-state index contributed by atoms with van der Waals surface area (Å²) in [7, 11) is 0. The fraction of sp³-hybridized carbons (Fsp3) is 0.167. The molecule has 0 saturated carbocycles. The summed E-state index contributed by atoms with van der Waals surface area (Å²) in [5.41, 5.74) is 6.69. The molecule has 2 amide bonds. The summed E-state index contributed by atoms with van der Waals surface area (Å²) in [6, 6.07) is 12.9. The maximum Gasteiger partial charge on any atom is 0.311 e. The maximum absolute atomic E-state index is 12.1. The fourth-order valence-corrected chi connectivity index (χ4v) is 2.15. The SMILES string of the molecule is C[C@@H](OC(=O)Cc1ccc(Cl)cc1)C(=O)Nc1ccc(C(N)=O)cc1. The van der Waals surface area contributed by atoms with E-state index in [-0.39, 0.29) is 6.42 Å². The Morgan fingerprint density at radius 2 is 1.68 bits per heavy atom. The van der Waals surface area contributed by atoms with Crippen molar-refractivity contribution in [3.8, 4) is 0 Å². The Bertz CT molecular complexity index is 773. The van der Waals surface area contributed by atoms with E-state index in [9.17, 15) is 14.4 Å². The van der Waals surface area contributed by atoms with Crippen molar-refractivity contribution in [2.24, 2.45) is 5.73 Å². The van der Waals surface area contributed by atoms with Crippen LogP contribution in [0.4, 0.5) is 5.69 Å². The molecule has 0 aliphatic carbocycles. The first-order valence-corrected chi connectivity index (χ1v) is 7.87. The third-order valence-electron chi connectivity index (χ3n) is 3.38. The Morgan fingerprint density at radius 1 is 1.08 bits per heavy atom. The minimum absolute atomic E-state index is 0.0437.